The van der Waals surface area contributed by atoms with Crippen LogP contribution in [0.25, 0.3) is 0 Å². The van der Waals surface area contributed by atoms with E-state index in [1.807, 2.05) is 4.68 Å². The van der Waals surface area contributed by atoms with Gasteiger partial charge >= 0.3 is 0 Å². The Kier molecular flexibility index (Phi) is 8.82. The fraction of sp³-hybridized carbons (Fsp3) is 0.923. The van der Waals surface area contributed by atoms with Crippen LogP contribution in [-0.2, 0) is 16.0 Å². The number of aromatic nitrogens is 4. The van der Waals surface area contributed by atoms with Gasteiger partial charge in [-0.05, 0) is 37.6 Å². The van der Waals surface area contributed by atoms with Crippen LogP contribution in [-0.4, -0.2) is 65.0 Å². The highest BCUT2D eigenvalue weighted by Gasteiger charge is 2.10. The molecule has 0 aliphatic rings. The summed E-state index contributed by atoms with van der Waals surface area (Å²) in [5, 5.41) is 16.0. The standard InChI is InChI=1S/C13H27N5O2S/c1-13(2,3)14-6-7-18-12(15-16-17-18)21-11-10-20-9-5-8-19-4/h14H,5-11H2,1-4H3. The molecule has 0 spiro atoms. The summed E-state index contributed by atoms with van der Waals surface area (Å²) in [6.45, 7) is 10.2. The van der Waals surface area contributed by atoms with Gasteiger partial charge in [-0.2, -0.15) is 0 Å². The highest BCUT2D eigenvalue weighted by molar-refractivity contribution is 7.99. The topological polar surface area (TPSA) is 74.1 Å². The summed E-state index contributed by atoms with van der Waals surface area (Å²) in [4.78, 5) is 0. The minimum Gasteiger partial charge on any atom is -0.385 e. The number of ether oxygens (including phenoxy) is 2. The van der Waals surface area contributed by atoms with Crippen molar-refractivity contribution in [1.82, 2.24) is 25.5 Å². The maximum Gasteiger partial charge on any atom is 0.209 e. The summed E-state index contributed by atoms with van der Waals surface area (Å²) < 4.78 is 12.3. The van der Waals surface area contributed by atoms with Crippen LogP contribution in [0.15, 0.2) is 5.16 Å². The number of methoxy groups -OCH3 is 1. The number of tetrazole rings is 1. The van der Waals surface area contributed by atoms with Crippen molar-refractivity contribution in [3.8, 4) is 0 Å². The first-order chi connectivity index (χ1) is 10.0. The van der Waals surface area contributed by atoms with E-state index in [1.165, 1.54) is 0 Å². The van der Waals surface area contributed by atoms with E-state index >= 15 is 0 Å². The normalized spacial score (nSPS) is 12.0. The van der Waals surface area contributed by atoms with Crippen molar-refractivity contribution in [2.45, 2.75) is 44.4 Å². The molecule has 1 rings (SSSR count). The lowest BCUT2D eigenvalue weighted by Gasteiger charge is -2.20. The zero-order valence-electron chi connectivity index (χ0n) is 13.5. The number of thioether (sulfide) groups is 1. The monoisotopic (exact) mass is 317 g/mol. The maximum absolute atomic E-state index is 5.51. The molecule has 122 valence electrons. The lowest BCUT2D eigenvalue weighted by Crippen LogP contribution is -2.38. The molecule has 1 aromatic rings. The third kappa shape index (κ3) is 9.02. The molecule has 7 nitrogen and oxygen atoms in total. The van der Waals surface area contributed by atoms with E-state index in [2.05, 4.69) is 41.6 Å². The van der Waals surface area contributed by atoms with Crippen molar-refractivity contribution in [3.05, 3.63) is 0 Å². The Hall–Kier alpha value is -0.700. The quantitative estimate of drug-likeness (QED) is 0.485. The zero-order valence-corrected chi connectivity index (χ0v) is 14.3. The minimum absolute atomic E-state index is 0.108. The molecule has 0 saturated carbocycles. The van der Waals surface area contributed by atoms with Crippen molar-refractivity contribution >= 4 is 11.8 Å². The highest BCUT2D eigenvalue weighted by atomic mass is 32.2. The molecule has 1 N–H and O–H groups in total. The zero-order chi connectivity index (χ0) is 15.6. The summed E-state index contributed by atoms with van der Waals surface area (Å²) in [5.74, 6) is 0.847. The van der Waals surface area contributed by atoms with Crippen molar-refractivity contribution in [2.24, 2.45) is 0 Å². The van der Waals surface area contributed by atoms with E-state index in [4.69, 9.17) is 9.47 Å². The summed E-state index contributed by atoms with van der Waals surface area (Å²) >= 11 is 1.62. The molecule has 0 aliphatic carbocycles. The Bertz CT molecular complexity index is 381. The van der Waals surface area contributed by atoms with Crippen LogP contribution >= 0.6 is 11.8 Å². The molecule has 0 unspecified atom stereocenters. The van der Waals surface area contributed by atoms with Gasteiger partial charge in [-0.25, -0.2) is 4.68 Å². The first-order valence-corrected chi connectivity index (χ1v) is 8.22. The Labute approximate surface area is 131 Å². The predicted molar refractivity (Wildman–Crippen MR) is 83.6 cm³/mol. The van der Waals surface area contributed by atoms with E-state index in [0.29, 0.717) is 6.61 Å². The minimum atomic E-state index is 0.108. The molecular formula is C13H27N5O2S. The van der Waals surface area contributed by atoms with Crippen LogP contribution in [0.5, 0.6) is 0 Å². The average Bonchev–Trinajstić information content (AvgIpc) is 2.84. The lowest BCUT2D eigenvalue weighted by molar-refractivity contribution is 0.113. The Morgan fingerprint density at radius 2 is 2.05 bits per heavy atom. The summed E-state index contributed by atoms with van der Waals surface area (Å²) in [6, 6.07) is 0. The third-order valence-electron chi connectivity index (χ3n) is 2.57. The van der Waals surface area contributed by atoms with Crippen LogP contribution in [0.4, 0.5) is 0 Å². The van der Waals surface area contributed by atoms with Crippen molar-refractivity contribution < 1.29 is 9.47 Å². The first-order valence-electron chi connectivity index (χ1n) is 7.23. The fourth-order valence-corrected chi connectivity index (χ4v) is 2.33. The molecule has 0 bridgehead atoms. The van der Waals surface area contributed by atoms with Gasteiger partial charge in [0.1, 0.15) is 0 Å². The molecule has 0 radical (unpaired) electrons. The van der Waals surface area contributed by atoms with Gasteiger partial charge < -0.3 is 14.8 Å². The number of nitrogens with one attached hydrogen (secondary N) is 1. The third-order valence-corrected chi connectivity index (χ3v) is 3.50. The molecule has 0 aliphatic heterocycles. The average molecular weight is 317 g/mol. The van der Waals surface area contributed by atoms with Gasteiger partial charge in [0.2, 0.25) is 5.16 Å². The van der Waals surface area contributed by atoms with Crippen LogP contribution in [0.2, 0.25) is 0 Å². The lowest BCUT2D eigenvalue weighted by atomic mass is 10.1. The summed E-state index contributed by atoms with van der Waals surface area (Å²) in [5.41, 5.74) is 0.108. The Balaban J connectivity index is 2.16. The Morgan fingerprint density at radius 1 is 1.24 bits per heavy atom. The molecule has 0 saturated heterocycles. The SMILES string of the molecule is COCCCOCCSc1nnnn1CCNC(C)(C)C. The van der Waals surface area contributed by atoms with Gasteiger partial charge in [0.25, 0.3) is 0 Å². The summed E-state index contributed by atoms with van der Waals surface area (Å²) in [7, 11) is 1.70. The van der Waals surface area contributed by atoms with Crippen molar-refractivity contribution in [2.75, 3.05) is 39.2 Å². The second-order valence-electron chi connectivity index (χ2n) is 5.67. The van der Waals surface area contributed by atoms with Crippen molar-refractivity contribution in [1.29, 1.82) is 0 Å². The highest BCUT2D eigenvalue weighted by Crippen LogP contribution is 2.12. The second-order valence-corrected chi connectivity index (χ2v) is 6.73. The number of nitrogens with zero attached hydrogens (tertiary/aromatic N) is 4. The molecule has 1 heterocycles. The van der Waals surface area contributed by atoms with Gasteiger partial charge in [0.15, 0.2) is 0 Å². The van der Waals surface area contributed by atoms with Crippen LogP contribution < -0.4 is 5.32 Å². The molecule has 0 amide bonds. The van der Waals surface area contributed by atoms with Gasteiger partial charge in [0.05, 0.1) is 13.2 Å². The van der Waals surface area contributed by atoms with E-state index in [0.717, 1.165) is 43.6 Å². The molecule has 1 aromatic heterocycles. The second kappa shape index (κ2) is 10.1. The van der Waals surface area contributed by atoms with Gasteiger partial charge in [-0.1, -0.05) is 11.8 Å². The molecular weight excluding hydrogens is 290 g/mol. The first kappa shape index (κ1) is 18.3. The van der Waals surface area contributed by atoms with E-state index < -0.39 is 0 Å². The molecule has 8 heteroatoms. The predicted octanol–water partition coefficient (Wildman–Crippen LogP) is 1.21. The van der Waals surface area contributed by atoms with Crippen LogP contribution in [0, 0.1) is 0 Å². The fourth-order valence-electron chi connectivity index (χ4n) is 1.58. The summed E-state index contributed by atoms with van der Waals surface area (Å²) in [6.07, 6.45) is 0.928. The Morgan fingerprint density at radius 3 is 2.76 bits per heavy atom. The van der Waals surface area contributed by atoms with Gasteiger partial charge in [0, 0.05) is 38.2 Å². The smallest absolute Gasteiger partial charge is 0.209 e. The molecule has 21 heavy (non-hydrogen) atoms. The largest absolute Gasteiger partial charge is 0.385 e. The molecule has 0 aromatic carbocycles. The van der Waals surface area contributed by atoms with E-state index in [1.54, 1.807) is 18.9 Å². The van der Waals surface area contributed by atoms with Crippen LogP contribution in [0.1, 0.15) is 27.2 Å². The van der Waals surface area contributed by atoms with E-state index in [-0.39, 0.29) is 5.54 Å². The number of rotatable bonds is 11. The maximum atomic E-state index is 5.51. The number of hydrogen-bond donors (Lipinski definition) is 1. The molecule has 0 fully saturated rings. The van der Waals surface area contributed by atoms with E-state index in [9.17, 15) is 0 Å². The molecule has 0 atom stereocenters. The van der Waals surface area contributed by atoms with Gasteiger partial charge in [-0.15, -0.1) is 5.10 Å². The van der Waals surface area contributed by atoms with Crippen LogP contribution in [0.3, 0.4) is 0 Å². The number of hydrogen-bond acceptors (Lipinski definition) is 7. The van der Waals surface area contributed by atoms with Gasteiger partial charge in [-0.3, -0.25) is 0 Å². The van der Waals surface area contributed by atoms with Crippen molar-refractivity contribution in [3.63, 3.8) is 0 Å².